The lowest BCUT2D eigenvalue weighted by Gasteiger charge is -2.22. The molecule has 1 atom stereocenters. The van der Waals surface area contributed by atoms with Gasteiger partial charge in [0.2, 0.25) is 5.91 Å². The maximum Gasteiger partial charge on any atom is 0.239 e. The predicted molar refractivity (Wildman–Crippen MR) is 90.6 cm³/mol. The highest BCUT2D eigenvalue weighted by atomic mass is 16.2. The molecule has 0 aliphatic carbocycles. The first kappa shape index (κ1) is 16.2. The summed E-state index contributed by atoms with van der Waals surface area (Å²) in [6.07, 6.45) is 0.885. The van der Waals surface area contributed by atoms with Gasteiger partial charge in [-0.25, -0.2) is 0 Å². The Kier molecular flexibility index (Phi) is 5.34. The molecule has 116 valence electrons. The van der Waals surface area contributed by atoms with Crippen molar-refractivity contribution in [3.8, 4) is 0 Å². The van der Waals surface area contributed by atoms with Crippen LogP contribution in [0.25, 0.3) is 0 Å². The zero-order valence-corrected chi connectivity index (χ0v) is 13.3. The predicted octanol–water partition coefficient (Wildman–Crippen LogP) is 2.87. The molecule has 0 aliphatic heterocycles. The minimum atomic E-state index is -0.853. The van der Waals surface area contributed by atoms with Crippen LogP contribution in [-0.2, 0) is 11.2 Å². The molecule has 0 saturated heterocycles. The number of hydrogen-bond donors (Lipinski definition) is 2. The summed E-state index contributed by atoms with van der Waals surface area (Å²) in [6, 6.07) is 20.6. The highest BCUT2D eigenvalue weighted by molar-refractivity contribution is 5.85. The molecule has 0 radical (unpaired) electrons. The van der Waals surface area contributed by atoms with Crippen molar-refractivity contribution in [2.75, 3.05) is 6.54 Å². The number of carbonyl (C=O) groups excluding carboxylic acids is 1. The fraction of sp³-hybridized carbons (Fsp3) is 0.316. The van der Waals surface area contributed by atoms with E-state index in [-0.39, 0.29) is 11.8 Å². The molecular weight excluding hydrogens is 272 g/mol. The summed E-state index contributed by atoms with van der Waals surface area (Å²) in [5.41, 5.74) is 7.48. The van der Waals surface area contributed by atoms with E-state index in [4.69, 9.17) is 5.73 Å². The van der Waals surface area contributed by atoms with Crippen LogP contribution in [0.4, 0.5) is 0 Å². The molecule has 0 saturated carbocycles. The first-order valence-corrected chi connectivity index (χ1v) is 7.63. The van der Waals surface area contributed by atoms with E-state index in [2.05, 4.69) is 29.6 Å². The van der Waals surface area contributed by atoms with Crippen LogP contribution in [0.15, 0.2) is 60.7 Å². The third-order valence-corrected chi connectivity index (χ3v) is 3.69. The molecule has 0 heterocycles. The Morgan fingerprint density at radius 3 is 2.14 bits per heavy atom. The van der Waals surface area contributed by atoms with Gasteiger partial charge in [0, 0.05) is 12.5 Å². The van der Waals surface area contributed by atoms with Gasteiger partial charge in [-0.15, -0.1) is 0 Å². The van der Waals surface area contributed by atoms with Crippen molar-refractivity contribution in [1.82, 2.24) is 5.32 Å². The number of benzene rings is 2. The fourth-order valence-electron chi connectivity index (χ4n) is 2.38. The zero-order chi connectivity index (χ0) is 16.0. The van der Waals surface area contributed by atoms with Gasteiger partial charge >= 0.3 is 0 Å². The smallest absolute Gasteiger partial charge is 0.239 e. The lowest BCUT2D eigenvalue weighted by molar-refractivity contribution is -0.125. The van der Waals surface area contributed by atoms with Gasteiger partial charge in [0.05, 0.1) is 5.54 Å². The quantitative estimate of drug-likeness (QED) is 0.861. The van der Waals surface area contributed by atoms with Crippen molar-refractivity contribution >= 4 is 5.91 Å². The monoisotopic (exact) mass is 296 g/mol. The van der Waals surface area contributed by atoms with Crippen molar-refractivity contribution in [3.05, 3.63) is 71.8 Å². The molecule has 3 nitrogen and oxygen atoms in total. The van der Waals surface area contributed by atoms with Crippen LogP contribution in [0.1, 0.15) is 30.9 Å². The molecule has 0 fully saturated rings. The van der Waals surface area contributed by atoms with Gasteiger partial charge in [-0.1, -0.05) is 60.7 Å². The third kappa shape index (κ3) is 4.71. The van der Waals surface area contributed by atoms with E-state index in [0.717, 1.165) is 6.42 Å². The first-order chi connectivity index (χ1) is 10.5. The normalized spacial score (nSPS) is 12.7. The fourth-order valence-corrected chi connectivity index (χ4v) is 2.38. The van der Waals surface area contributed by atoms with E-state index in [1.807, 2.05) is 36.4 Å². The van der Waals surface area contributed by atoms with Crippen LogP contribution in [0.3, 0.4) is 0 Å². The van der Waals surface area contributed by atoms with E-state index in [9.17, 15) is 4.79 Å². The molecule has 2 aromatic rings. The number of rotatable bonds is 6. The van der Waals surface area contributed by atoms with Crippen LogP contribution in [0.2, 0.25) is 0 Å². The number of carbonyl (C=O) groups is 1. The van der Waals surface area contributed by atoms with E-state index in [1.165, 1.54) is 11.1 Å². The van der Waals surface area contributed by atoms with Crippen molar-refractivity contribution in [2.45, 2.75) is 31.7 Å². The third-order valence-electron chi connectivity index (χ3n) is 3.69. The topological polar surface area (TPSA) is 55.1 Å². The molecule has 2 rings (SSSR count). The maximum absolute atomic E-state index is 12.0. The standard InChI is InChI=1S/C19H24N2O/c1-19(2,20)18(22)21-14-17(16-11-7-4-8-12-16)13-15-9-5-3-6-10-15/h3-12,17H,13-14,20H2,1-2H3,(H,21,22). The van der Waals surface area contributed by atoms with E-state index >= 15 is 0 Å². The summed E-state index contributed by atoms with van der Waals surface area (Å²) in [4.78, 5) is 12.0. The summed E-state index contributed by atoms with van der Waals surface area (Å²) in [5, 5.41) is 2.98. The summed E-state index contributed by atoms with van der Waals surface area (Å²) in [6.45, 7) is 4.02. The van der Waals surface area contributed by atoms with Gasteiger partial charge in [-0.3, -0.25) is 4.79 Å². The second-order valence-corrected chi connectivity index (χ2v) is 6.23. The highest BCUT2D eigenvalue weighted by Crippen LogP contribution is 2.20. The van der Waals surface area contributed by atoms with Crippen LogP contribution in [0, 0.1) is 0 Å². The minimum Gasteiger partial charge on any atom is -0.354 e. The van der Waals surface area contributed by atoms with Crippen LogP contribution in [0.5, 0.6) is 0 Å². The van der Waals surface area contributed by atoms with Gasteiger partial charge in [0.25, 0.3) is 0 Å². The van der Waals surface area contributed by atoms with Crippen molar-refractivity contribution in [3.63, 3.8) is 0 Å². The summed E-state index contributed by atoms with van der Waals surface area (Å²) < 4.78 is 0. The molecule has 0 aliphatic rings. The largest absolute Gasteiger partial charge is 0.354 e. The molecule has 3 N–H and O–H groups in total. The average Bonchev–Trinajstić information content (AvgIpc) is 2.52. The average molecular weight is 296 g/mol. The van der Waals surface area contributed by atoms with E-state index < -0.39 is 5.54 Å². The molecule has 0 bridgehead atoms. The lowest BCUT2D eigenvalue weighted by Crippen LogP contribution is -2.50. The van der Waals surface area contributed by atoms with E-state index in [1.54, 1.807) is 13.8 Å². The maximum atomic E-state index is 12.0. The summed E-state index contributed by atoms with van der Waals surface area (Å²) in [5.74, 6) is 0.108. The van der Waals surface area contributed by atoms with Crippen molar-refractivity contribution in [1.29, 1.82) is 0 Å². The molecule has 0 aromatic heterocycles. The molecular formula is C19H24N2O. The number of amides is 1. The Hall–Kier alpha value is -2.13. The second-order valence-electron chi connectivity index (χ2n) is 6.23. The van der Waals surface area contributed by atoms with Crippen molar-refractivity contribution < 1.29 is 4.79 Å². The van der Waals surface area contributed by atoms with E-state index in [0.29, 0.717) is 6.54 Å². The van der Waals surface area contributed by atoms with Gasteiger partial charge in [-0.2, -0.15) is 0 Å². The van der Waals surface area contributed by atoms with Crippen molar-refractivity contribution in [2.24, 2.45) is 5.73 Å². The first-order valence-electron chi connectivity index (χ1n) is 7.63. The highest BCUT2D eigenvalue weighted by Gasteiger charge is 2.23. The van der Waals surface area contributed by atoms with Gasteiger partial charge in [0.1, 0.15) is 0 Å². The summed E-state index contributed by atoms with van der Waals surface area (Å²) in [7, 11) is 0. The number of hydrogen-bond acceptors (Lipinski definition) is 2. The molecule has 1 amide bonds. The van der Waals surface area contributed by atoms with Gasteiger partial charge in [-0.05, 0) is 31.4 Å². The zero-order valence-electron chi connectivity index (χ0n) is 13.3. The van der Waals surface area contributed by atoms with Crippen LogP contribution in [-0.4, -0.2) is 18.0 Å². The Morgan fingerprint density at radius 1 is 1.05 bits per heavy atom. The Bertz CT molecular complexity index is 588. The minimum absolute atomic E-state index is 0.124. The molecule has 22 heavy (non-hydrogen) atoms. The number of nitrogens with two attached hydrogens (primary N) is 1. The molecule has 2 aromatic carbocycles. The second kappa shape index (κ2) is 7.23. The number of nitrogens with one attached hydrogen (secondary N) is 1. The van der Waals surface area contributed by atoms with Crippen LogP contribution >= 0.6 is 0 Å². The van der Waals surface area contributed by atoms with Crippen LogP contribution < -0.4 is 11.1 Å². The Balaban J connectivity index is 2.11. The lowest BCUT2D eigenvalue weighted by atomic mass is 9.91. The molecule has 0 spiro atoms. The van der Waals surface area contributed by atoms with Gasteiger partial charge in [0.15, 0.2) is 0 Å². The molecule has 1 unspecified atom stereocenters. The Morgan fingerprint density at radius 2 is 1.59 bits per heavy atom. The SMILES string of the molecule is CC(C)(N)C(=O)NCC(Cc1ccccc1)c1ccccc1. The van der Waals surface area contributed by atoms with Gasteiger partial charge < -0.3 is 11.1 Å². The molecule has 3 heteroatoms. The summed E-state index contributed by atoms with van der Waals surface area (Å²) >= 11 is 0. The Labute approximate surface area is 132 Å².